The first kappa shape index (κ1) is 14.5. The van der Waals surface area contributed by atoms with E-state index >= 15 is 0 Å². The van der Waals surface area contributed by atoms with Gasteiger partial charge in [0.05, 0.1) is 0 Å². The molecular formula is C15H17O2PSSe. The first-order valence-corrected chi connectivity index (χ1v) is 11.5. The number of rotatable bonds is 2. The molecule has 4 atom stereocenters. The van der Waals surface area contributed by atoms with E-state index < -0.39 is 6.04 Å². The van der Waals surface area contributed by atoms with Crippen LogP contribution in [-0.2, 0) is 21.3 Å². The van der Waals surface area contributed by atoms with E-state index in [0.29, 0.717) is 4.56 Å². The summed E-state index contributed by atoms with van der Waals surface area (Å²) in [5.41, 5.74) is 3.03. The molecule has 5 heteroatoms. The molecule has 0 radical (unpaired) electrons. The first-order valence-electron chi connectivity index (χ1n) is 6.57. The summed E-state index contributed by atoms with van der Waals surface area (Å²) in [4.78, 5) is 12.1. The van der Waals surface area contributed by atoms with E-state index in [9.17, 15) is 4.79 Å². The van der Waals surface area contributed by atoms with Crippen LogP contribution in [-0.4, -0.2) is 38.3 Å². The molecule has 1 saturated heterocycles. The number of carbonyl (C=O) groups excluding carboxylic acids is 1. The number of hydrogen-bond acceptors (Lipinski definition) is 3. The van der Waals surface area contributed by atoms with Gasteiger partial charge in [0.25, 0.3) is 0 Å². The van der Waals surface area contributed by atoms with Gasteiger partial charge in [-0.05, 0) is 0 Å². The molecule has 20 heavy (non-hydrogen) atoms. The van der Waals surface area contributed by atoms with E-state index in [2.05, 4.69) is 38.1 Å². The third kappa shape index (κ3) is 1.82. The normalized spacial score (nSPS) is 35.5. The van der Waals surface area contributed by atoms with Gasteiger partial charge in [-0.15, -0.1) is 0 Å². The molecule has 3 rings (SSSR count). The van der Waals surface area contributed by atoms with Gasteiger partial charge in [0.1, 0.15) is 0 Å². The third-order valence-corrected chi connectivity index (χ3v) is 17.0. The Kier molecular flexibility index (Phi) is 3.71. The van der Waals surface area contributed by atoms with Gasteiger partial charge in [-0.2, -0.15) is 0 Å². The maximum atomic E-state index is 12.1. The van der Waals surface area contributed by atoms with Crippen LogP contribution < -0.4 is 5.30 Å². The van der Waals surface area contributed by atoms with Crippen LogP contribution >= 0.6 is 6.04 Å². The summed E-state index contributed by atoms with van der Waals surface area (Å²) < 4.78 is 5.47. The zero-order valence-corrected chi connectivity index (χ0v) is 15.1. The molecule has 0 aliphatic carbocycles. The summed E-state index contributed by atoms with van der Waals surface area (Å²) in [5.74, 6) is -0.0606. The van der Waals surface area contributed by atoms with Crippen molar-refractivity contribution in [3.63, 3.8) is 0 Å². The number of methoxy groups -OCH3 is 1. The van der Waals surface area contributed by atoms with Crippen LogP contribution in [0.15, 0.2) is 41.5 Å². The van der Waals surface area contributed by atoms with Crippen molar-refractivity contribution in [1.82, 2.24) is 0 Å². The number of esters is 1. The topological polar surface area (TPSA) is 26.3 Å². The van der Waals surface area contributed by atoms with E-state index in [0.717, 1.165) is 0 Å². The molecular weight excluding hydrogens is 354 g/mol. The molecule has 2 bridgehead atoms. The molecule has 0 N–H and O–H groups in total. The summed E-state index contributed by atoms with van der Waals surface area (Å²) in [7, 11) is 1.49. The summed E-state index contributed by atoms with van der Waals surface area (Å²) in [6.07, 6.45) is 0. The maximum absolute atomic E-state index is 12.1. The number of hydrogen-bond donors (Lipinski definition) is 0. The number of benzene rings is 1. The number of fused-ring (bicyclic) bond motifs is 2. The average molecular weight is 371 g/mol. The van der Waals surface area contributed by atoms with Crippen molar-refractivity contribution in [3.05, 3.63) is 41.5 Å². The Morgan fingerprint density at radius 2 is 1.90 bits per heavy atom. The van der Waals surface area contributed by atoms with E-state index in [-0.39, 0.29) is 31.4 Å². The standard InChI is InChI=1S/C15H17O2PSSe/c1-9-10(2)15-18(19,11-7-5-4-6-8-11)12(9)13(20-15)14(16)17-3/h4-8,12-13,15H,1-3H3/t12-,13-,15-,18?/m1/s1. The quantitative estimate of drug-likeness (QED) is 0.346. The van der Waals surface area contributed by atoms with Crippen LogP contribution in [0.3, 0.4) is 0 Å². The van der Waals surface area contributed by atoms with Crippen molar-refractivity contribution < 1.29 is 9.53 Å². The molecule has 2 aliphatic rings. The monoisotopic (exact) mass is 372 g/mol. The Balaban J connectivity index is 2.12. The Morgan fingerprint density at radius 1 is 1.25 bits per heavy atom. The van der Waals surface area contributed by atoms with Crippen LogP contribution in [0.5, 0.6) is 0 Å². The molecule has 2 aliphatic heterocycles. The molecule has 0 amide bonds. The SMILES string of the molecule is COC(=O)[C@@H]1[Se][C@@H]2C(C)=C(C)[C@H]1P2(=S)c1ccccc1. The fourth-order valence-corrected chi connectivity index (χ4v) is 17.6. The van der Waals surface area contributed by atoms with Crippen LogP contribution in [0.4, 0.5) is 0 Å². The van der Waals surface area contributed by atoms with Crippen molar-refractivity contribution in [1.29, 1.82) is 0 Å². The summed E-state index contributed by atoms with van der Waals surface area (Å²) in [6, 6.07) is 8.72. The minimum absolute atomic E-state index is 0.0206. The van der Waals surface area contributed by atoms with Crippen molar-refractivity contribution in [2.24, 2.45) is 0 Å². The van der Waals surface area contributed by atoms with E-state index in [4.69, 9.17) is 16.5 Å². The minimum atomic E-state index is -1.74. The zero-order chi connectivity index (χ0) is 14.5. The molecule has 2 heterocycles. The van der Waals surface area contributed by atoms with Gasteiger partial charge in [-0.25, -0.2) is 0 Å². The average Bonchev–Trinajstić information content (AvgIpc) is 2.88. The third-order valence-electron chi connectivity index (χ3n) is 4.35. The summed E-state index contributed by atoms with van der Waals surface area (Å²) >= 11 is 6.45. The van der Waals surface area contributed by atoms with Gasteiger partial charge >= 0.3 is 131 Å². The molecule has 2 nitrogen and oxygen atoms in total. The van der Waals surface area contributed by atoms with Crippen molar-refractivity contribution >= 4 is 44.1 Å². The van der Waals surface area contributed by atoms with Gasteiger partial charge in [-0.3, -0.25) is 0 Å². The van der Waals surface area contributed by atoms with E-state index in [1.807, 2.05) is 6.07 Å². The Morgan fingerprint density at radius 3 is 2.50 bits per heavy atom. The first-order chi connectivity index (χ1) is 9.51. The predicted molar refractivity (Wildman–Crippen MR) is 87.8 cm³/mol. The number of allylic oxidation sites excluding steroid dienone is 2. The van der Waals surface area contributed by atoms with Gasteiger partial charge in [0.2, 0.25) is 0 Å². The second-order valence-electron chi connectivity index (χ2n) is 5.29. The molecule has 1 aromatic carbocycles. The van der Waals surface area contributed by atoms with Crippen molar-refractivity contribution in [2.75, 3.05) is 7.11 Å². The Bertz CT molecular complexity index is 641. The Labute approximate surface area is 131 Å². The Hall–Kier alpha value is -0.401. The molecule has 1 unspecified atom stereocenters. The fourth-order valence-electron chi connectivity index (χ4n) is 3.24. The second kappa shape index (κ2) is 5.10. The summed E-state index contributed by atoms with van der Waals surface area (Å²) in [5, 5.41) is 1.29. The number of ether oxygens (including phenoxy) is 1. The van der Waals surface area contributed by atoms with Crippen LogP contribution in [0.2, 0.25) is 4.82 Å². The van der Waals surface area contributed by atoms with Gasteiger partial charge in [-0.1, -0.05) is 0 Å². The van der Waals surface area contributed by atoms with Crippen LogP contribution in [0.25, 0.3) is 0 Å². The van der Waals surface area contributed by atoms with Gasteiger partial charge in [0, 0.05) is 0 Å². The molecule has 106 valence electrons. The fraction of sp³-hybridized carbons (Fsp3) is 0.400. The molecule has 1 fully saturated rings. The van der Waals surface area contributed by atoms with E-state index in [1.54, 1.807) is 0 Å². The van der Waals surface area contributed by atoms with E-state index in [1.165, 1.54) is 23.6 Å². The second-order valence-corrected chi connectivity index (χ2v) is 13.5. The van der Waals surface area contributed by atoms with Crippen molar-refractivity contribution in [2.45, 2.75) is 28.9 Å². The van der Waals surface area contributed by atoms with Gasteiger partial charge < -0.3 is 0 Å². The predicted octanol–water partition coefficient (Wildman–Crippen LogP) is 2.52. The molecule has 1 aromatic rings. The molecule has 0 spiro atoms. The number of carbonyl (C=O) groups is 1. The van der Waals surface area contributed by atoms with Crippen LogP contribution in [0.1, 0.15) is 13.8 Å². The molecule has 0 saturated carbocycles. The summed E-state index contributed by atoms with van der Waals surface area (Å²) in [6.45, 7) is 4.37. The van der Waals surface area contributed by atoms with Gasteiger partial charge in [0.15, 0.2) is 0 Å². The van der Waals surface area contributed by atoms with Crippen LogP contribution in [0, 0.1) is 0 Å². The zero-order valence-electron chi connectivity index (χ0n) is 11.7. The van der Waals surface area contributed by atoms with Crippen molar-refractivity contribution in [3.8, 4) is 0 Å². The molecule has 0 aromatic heterocycles.